The van der Waals surface area contributed by atoms with Gasteiger partial charge in [0, 0.05) is 23.9 Å². The van der Waals surface area contributed by atoms with E-state index in [1.165, 1.54) is 0 Å². The van der Waals surface area contributed by atoms with E-state index < -0.39 is 9.84 Å². The summed E-state index contributed by atoms with van der Waals surface area (Å²) >= 11 is 0. The van der Waals surface area contributed by atoms with E-state index in [9.17, 15) is 8.42 Å². The lowest BCUT2D eigenvalue weighted by Crippen LogP contribution is -2.18. The topological polar surface area (TPSA) is 67.3 Å². The zero-order chi connectivity index (χ0) is 14.7. The molecule has 1 atom stereocenters. The Kier molecular flexibility index (Phi) is 5.10. The summed E-state index contributed by atoms with van der Waals surface area (Å²) < 4.78 is 23.8. The summed E-state index contributed by atoms with van der Waals surface area (Å²) in [5.41, 5.74) is 1.60. The maximum atomic E-state index is 11.9. The van der Waals surface area contributed by atoms with E-state index in [1.807, 2.05) is 12.1 Å². The highest BCUT2D eigenvalue weighted by atomic mass is 32.2. The molecule has 1 unspecified atom stereocenters. The number of pyridine rings is 1. The molecule has 1 aromatic rings. The first-order valence-electron chi connectivity index (χ1n) is 6.41. The fraction of sp³-hybridized carbons (Fsp3) is 0.643. The fourth-order valence-electron chi connectivity index (χ4n) is 1.75. The Bertz CT molecular complexity index is 500. The van der Waals surface area contributed by atoms with Crippen LogP contribution in [0.2, 0.25) is 0 Å². The van der Waals surface area contributed by atoms with E-state index >= 15 is 0 Å². The first-order chi connectivity index (χ1) is 8.64. The predicted molar refractivity (Wildman–Crippen MR) is 76.7 cm³/mol. The van der Waals surface area contributed by atoms with Crippen molar-refractivity contribution >= 4 is 9.84 Å². The zero-order valence-electron chi connectivity index (χ0n) is 12.0. The fourth-order valence-corrected chi connectivity index (χ4v) is 3.52. The van der Waals surface area contributed by atoms with Crippen LogP contribution >= 0.6 is 0 Å². The van der Waals surface area contributed by atoms with Crippen molar-refractivity contribution in [1.82, 2.24) is 4.98 Å². The second-order valence-corrected chi connectivity index (χ2v) is 8.25. The molecule has 0 saturated heterocycles. The van der Waals surface area contributed by atoms with Gasteiger partial charge in [-0.15, -0.1) is 0 Å². The Morgan fingerprint density at radius 3 is 2.37 bits per heavy atom. The molecule has 0 aliphatic heterocycles. The molecule has 1 N–H and O–H groups in total. The lowest BCUT2D eigenvalue weighted by Gasteiger charge is -2.17. The Labute approximate surface area is 115 Å². The van der Waals surface area contributed by atoms with E-state index in [-0.39, 0.29) is 29.4 Å². The summed E-state index contributed by atoms with van der Waals surface area (Å²) in [4.78, 5) is 4.32. The van der Waals surface area contributed by atoms with Crippen LogP contribution in [0.1, 0.15) is 39.0 Å². The van der Waals surface area contributed by atoms with Gasteiger partial charge in [0.15, 0.2) is 9.84 Å². The number of hydrogen-bond donors (Lipinski definition) is 1. The summed E-state index contributed by atoms with van der Waals surface area (Å²) in [7, 11) is -3.19. The number of aliphatic hydroxyl groups is 1. The van der Waals surface area contributed by atoms with Gasteiger partial charge >= 0.3 is 0 Å². The Morgan fingerprint density at radius 2 is 1.95 bits per heavy atom. The second kappa shape index (κ2) is 6.01. The Hall–Kier alpha value is -0.940. The first-order valence-corrected chi connectivity index (χ1v) is 8.23. The van der Waals surface area contributed by atoms with Crippen LogP contribution in [-0.4, -0.2) is 30.9 Å². The largest absolute Gasteiger partial charge is 0.396 e. The molecular weight excluding hydrogens is 262 g/mol. The Morgan fingerprint density at radius 1 is 1.32 bits per heavy atom. The lowest BCUT2D eigenvalue weighted by molar-refractivity contribution is 0.249. The summed E-state index contributed by atoms with van der Waals surface area (Å²) in [5.74, 6) is -0.244. The molecule has 0 radical (unpaired) electrons. The molecule has 4 nitrogen and oxygen atoms in total. The van der Waals surface area contributed by atoms with Crippen LogP contribution in [0.3, 0.4) is 0 Å². The van der Waals surface area contributed by atoms with Crippen LogP contribution in [0, 0.1) is 5.92 Å². The van der Waals surface area contributed by atoms with E-state index in [2.05, 4.69) is 25.8 Å². The second-order valence-electron chi connectivity index (χ2n) is 6.14. The van der Waals surface area contributed by atoms with Gasteiger partial charge in [0.25, 0.3) is 0 Å². The average molecular weight is 285 g/mol. The predicted octanol–water partition coefficient (Wildman–Crippen LogP) is 1.92. The zero-order valence-corrected chi connectivity index (χ0v) is 12.9. The standard InChI is InChI=1S/C14H23NO3S/c1-11(8-16)9-19(17,18)10-12-5-6-13(15-7-12)14(2,3)4/h5-7,11,16H,8-10H2,1-4H3. The monoisotopic (exact) mass is 285 g/mol. The highest BCUT2D eigenvalue weighted by molar-refractivity contribution is 7.90. The van der Waals surface area contributed by atoms with E-state index in [4.69, 9.17) is 5.11 Å². The van der Waals surface area contributed by atoms with E-state index in [0.29, 0.717) is 5.56 Å². The molecule has 1 rings (SSSR count). The van der Waals surface area contributed by atoms with Gasteiger partial charge in [0.2, 0.25) is 0 Å². The highest BCUT2D eigenvalue weighted by Crippen LogP contribution is 2.20. The molecule has 108 valence electrons. The smallest absolute Gasteiger partial charge is 0.154 e. The van der Waals surface area contributed by atoms with Gasteiger partial charge in [-0.25, -0.2) is 8.42 Å². The molecular formula is C14H23NO3S. The highest BCUT2D eigenvalue weighted by Gasteiger charge is 2.18. The lowest BCUT2D eigenvalue weighted by atomic mass is 9.91. The minimum absolute atomic E-state index is 0.00449. The van der Waals surface area contributed by atoms with Gasteiger partial charge in [-0.2, -0.15) is 0 Å². The van der Waals surface area contributed by atoms with Crippen LogP contribution in [0.15, 0.2) is 18.3 Å². The van der Waals surface area contributed by atoms with Crippen molar-refractivity contribution in [2.45, 2.75) is 38.9 Å². The number of aliphatic hydroxyl groups excluding tert-OH is 1. The van der Waals surface area contributed by atoms with Gasteiger partial charge < -0.3 is 5.11 Å². The van der Waals surface area contributed by atoms with E-state index in [0.717, 1.165) is 5.69 Å². The van der Waals surface area contributed by atoms with Crippen molar-refractivity contribution < 1.29 is 13.5 Å². The minimum Gasteiger partial charge on any atom is -0.396 e. The van der Waals surface area contributed by atoms with Crippen LogP contribution in [0.5, 0.6) is 0 Å². The minimum atomic E-state index is -3.19. The maximum absolute atomic E-state index is 11.9. The number of sulfone groups is 1. The molecule has 0 aliphatic rings. The molecule has 0 fully saturated rings. The molecule has 19 heavy (non-hydrogen) atoms. The van der Waals surface area contributed by atoms with Gasteiger partial charge in [-0.1, -0.05) is 33.8 Å². The summed E-state index contributed by atoms with van der Waals surface area (Å²) in [5, 5.41) is 8.91. The molecule has 1 heterocycles. The number of aromatic nitrogens is 1. The SMILES string of the molecule is CC(CO)CS(=O)(=O)Cc1ccc(C(C)(C)C)nc1. The van der Waals surface area contributed by atoms with Crippen molar-refractivity contribution in [2.75, 3.05) is 12.4 Å². The molecule has 0 aromatic carbocycles. The van der Waals surface area contributed by atoms with Crippen LogP contribution in [-0.2, 0) is 21.0 Å². The van der Waals surface area contributed by atoms with Crippen molar-refractivity contribution in [3.8, 4) is 0 Å². The maximum Gasteiger partial charge on any atom is 0.154 e. The third-order valence-corrected chi connectivity index (χ3v) is 4.68. The van der Waals surface area contributed by atoms with Crippen molar-refractivity contribution in [3.05, 3.63) is 29.6 Å². The van der Waals surface area contributed by atoms with Gasteiger partial charge in [0.1, 0.15) is 0 Å². The first kappa shape index (κ1) is 16.1. The third-order valence-electron chi connectivity index (χ3n) is 2.83. The van der Waals surface area contributed by atoms with Gasteiger partial charge in [-0.05, 0) is 17.5 Å². The number of rotatable bonds is 5. The molecule has 0 spiro atoms. The molecule has 0 saturated carbocycles. The molecule has 0 amide bonds. The van der Waals surface area contributed by atoms with Gasteiger partial charge in [-0.3, -0.25) is 4.98 Å². The average Bonchev–Trinajstić information content (AvgIpc) is 2.27. The van der Waals surface area contributed by atoms with Crippen molar-refractivity contribution in [3.63, 3.8) is 0 Å². The molecule has 5 heteroatoms. The van der Waals surface area contributed by atoms with Crippen molar-refractivity contribution in [1.29, 1.82) is 0 Å². The number of hydrogen-bond acceptors (Lipinski definition) is 4. The molecule has 0 aliphatic carbocycles. The van der Waals surface area contributed by atoms with Crippen LogP contribution < -0.4 is 0 Å². The summed E-state index contributed by atoms with van der Waals surface area (Å²) in [6, 6.07) is 3.69. The van der Waals surface area contributed by atoms with Crippen molar-refractivity contribution in [2.24, 2.45) is 5.92 Å². The molecule has 0 bridgehead atoms. The van der Waals surface area contributed by atoms with Gasteiger partial charge in [0.05, 0.1) is 11.5 Å². The normalized spacial score (nSPS) is 14.4. The summed E-state index contributed by atoms with van der Waals surface area (Å²) in [6.45, 7) is 7.80. The Balaban J connectivity index is 2.78. The van der Waals surface area contributed by atoms with E-state index in [1.54, 1.807) is 13.1 Å². The number of nitrogens with zero attached hydrogens (tertiary/aromatic N) is 1. The van der Waals surface area contributed by atoms with Crippen LogP contribution in [0.4, 0.5) is 0 Å². The third kappa shape index (κ3) is 5.28. The molecule has 1 aromatic heterocycles. The quantitative estimate of drug-likeness (QED) is 0.897. The van der Waals surface area contributed by atoms with Crippen LogP contribution in [0.25, 0.3) is 0 Å². The summed E-state index contributed by atoms with van der Waals surface area (Å²) in [6.07, 6.45) is 1.63.